The molecule has 1 atom stereocenters. The molecule has 0 saturated heterocycles. The van der Waals surface area contributed by atoms with Gasteiger partial charge in [-0.05, 0) is 56.6 Å². The molecule has 1 aliphatic carbocycles. The number of aryl methyl sites for hydroxylation is 1. The SMILES string of the molecule is COc1cc2c(cc1F)CC[C@@H](N(C)C)C2. The van der Waals surface area contributed by atoms with Crippen LogP contribution < -0.4 is 4.74 Å². The van der Waals surface area contributed by atoms with Crippen molar-refractivity contribution < 1.29 is 9.13 Å². The molecule has 0 fully saturated rings. The fourth-order valence-electron chi connectivity index (χ4n) is 2.33. The van der Waals surface area contributed by atoms with Crippen LogP contribution in [0.1, 0.15) is 17.5 Å². The Morgan fingerprint density at radius 1 is 1.31 bits per heavy atom. The van der Waals surface area contributed by atoms with Gasteiger partial charge in [0, 0.05) is 6.04 Å². The number of fused-ring (bicyclic) bond motifs is 1. The second-order valence-corrected chi connectivity index (χ2v) is 4.62. The highest BCUT2D eigenvalue weighted by molar-refractivity contribution is 5.39. The normalized spacial score (nSPS) is 19.7. The molecule has 0 bridgehead atoms. The van der Waals surface area contributed by atoms with E-state index in [9.17, 15) is 4.39 Å². The third-order valence-electron chi connectivity index (χ3n) is 3.41. The van der Waals surface area contributed by atoms with E-state index in [4.69, 9.17) is 4.74 Å². The van der Waals surface area contributed by atoms with Gasteiger partial charge in [-0.3, -0.25) is 0 Å². The standard InChI is InChI=1S/C13H18FNO/c1-15(2)11-5-4-9-7-12(14)13(16-3)8-10(9)6-11/h7-8,11H,4-6H2,1-3H3/t11-/m1/s1. The molecule has 1 aliphatic rings. The minimum atomic E-state index is -0.246. The van der Waals surface area contributed by atoms with Crippen LogP contribution in [0.25, 0.3) is 0 Å². The van der Waals surface area contributed by atoms with E-state index >= 15 is 0 Å². The molecule has 2 rings (SSSR count). The summed E-state index contributed by atoms with van der Waals surface area (Å²) >= 11 is 0. The predicted molar refractivity (Wildman–Crippen MR) is 62.5 cm³/mol. The first-order valence-electron chi connectivity index (χ1n) is 5.63. The monoisotopic (exact) mass is 223 g/mol. The highest BCUT2D eigenvalue weighted by atomic mass is 19.1. The van der Waals surface area contributed by atoms with Gasteiger partial charge in [-0.15, -0.1) is 0 Å². The number of nitrogens with zero attached hydrogens (tertiary/aromatic N) is 1. The molecule has 16 heavy (non-hydrogen) atoms. The first-order valence-corrected chi connectivity index (χ1v) is 5.63. The van der Waals surface area contributed by atoms with Crippen LogP contribution in [0.3, 0.4) is 0 Å². The Morgan fingerprint density at radius 3 is 2.69 bits per heavy atom. The van der Waals surface area contributed by atoms with Crippen LogP contribution in [0.2, 0.25) is 0 Å². The Kier molecular flexibility index (Phi) is 3.15. The Labute approximate surface area is 96.0 Å². The van der Waals surface area contributed by atoms with Gasteiger partial charge in [0.05, 0.1) is 7.11 Å². The largest absolute Gasteiger partial charge is 0.494 e. The zero-order chi connectivity index (χ0) is 11.7. The van der Waals surface area contributed by atoms with Crippen molar-refractivity contribution in [3.63, 3.8) is 0 Å². The highest BCUT2D eigenvalue weighted by Crippen LogP contribution is 2.29. The average molecular weight is 223 g/mol. The molecule has 0 spiro atoms. The van der Waals surface area contributed by atoms with Gasteiger partial charge in [-0.25, -0.2) is 4.39 Å². The lowest BCUT2D eigenvalue weighted by Gasteiger charge is -2.30. The van der Waals surface area contributed by atoms with Crippen LogP contribution in [-0.2, 0) is 12.8 Å². The lowest BCUT2D eigenvalue weighted by molar-refractivity contribution is 0.267. The third-order valence-corrected chi connectivity index (χ3v) is 3.41. The number of halogens is 1. The van der Waals surface area contributed by atoms with E-state index in [-0.39, 0.29) is 5.82 Å². The van der Waals surface area contributed by atoms with Crippen molar-refractivity contribution in [3.05, 3.63) is 29.1 Å². The number of rotatable bonds is 2. The maximum Gasteiger partial charge on any atom is 0.165 e. The number of methoxy groups -OCH3 is 1. The molecule has 0 unspecified atom stereocenters. The van der Waals surface area contributed by atoms with Crippen molar-refractivity contribution in [1.82, 2.24) is 4.90 Å². The van der Waals surface area contributed by atoms with Gasteiger partial charge in [0.1, 0.15) is 0 Å². The van der Waals surface area contributed by atoms with E-state index in [0.717, 1.165) is 24.8 Å². The minimum Gasteiger partial charge on any atom is -0.494 e. The molecule has 0 aliphatic heterocycles. The molecule has 1 aromatic carbocycles. The molecule has 0 saturated carbocycles. The molecule has 2 nitrogen and oxygen atoms in total. The first-order chi connectivity index (χ1) is 7.61. The second-order valence-electron chi connectivity index (χ2n) is 4.62. The van der Waals surface area contributed by atoms with Crippen LogP contribution in [0.15, 0.2) is 12.1 Å². The highest BCUT2D eigenvalue weighted by Gasteiger charge is 2.21. The number of likely N-dealkylation sites (N-methyl/N-ethyl adjacent to an activating group) is 1. The van der Waals surface area contributed by atoms with E-state index in [1.807, 2.05) is 6.07 Å². The van der Waals surface area contributed by atoms with Crippen molar-refractivity contribution in [3.8, 4) is 5.75 Å². The molecule has 0 heterocycles. The Morgan fingerprint density at radius 2 is 2.06 bits per heavy atom. The summed E-state index contributed by atoms with van der Waals surface area (Å²) in [5, 5.41) is 0. The quantitative estimate of drug-likeness (QED) is 0.762. The smallest absolute Gasteiger partial charge is 0.165 e. The molecule has 0 radical (unpaired) electrons. The summed E-state index contributed by atoms with van der Waals surface area (Å²) in [5.74, 6) is 0.114. The van der Waals surface area contributed by atoms with E-state index in [1.165, 1.54) is 12.7 Å². The maximum atomic E-state index is 13.5. The van der Waals surface area contributed by atoms with Crippen molar-refractivity contribution in [2.24, 2.45) is 0 Å². The molecular weight excluding hydrogens is 205 g/mol. The van der Waals surface area contributed by atoms with Gasteiger partial charge in [0.15, 0.2) is 11.6 Å². The fourth-order valence-corrected chi connectivity index (χ4v) is 2.33. The summed E-state index contributed by atoms with van der Waals surface area (Å²) in [7, 11) is 5.70. The fraction of sp³-hybridized carbons (Fsp3) is 0.538. The molecule has 3 heteroatoms. The third kappa shape index (κ3) is 2.05. The molecule has 88 valence electrons. The second kappa shape index (κ2) is 4.42. The van der Waals surface area contributed by atoms with Gasteiger partial charge >= 0.3 is 0 Å². The summed E-state index contributed by atoms with van der Waals surface area (Å²) < 4.78 is 18.5. The minimum absolute atomic E-state index is 0.246. The van der Waals surface area contributed by atoms with Crippen molar-refractivity contribution in [2.75, 3.05) is 21.2 Å². The van der Waals surface area contributed by atoms with Gasteiger partial charge < -0.3 is 9.64 Å². The van der Waals surface area contributed by atoms with Crippen LogP contribution >= 0.6 is 0 Å². The Bertz CT molecular complexity index is 390. The zero-order valence-electron chi connectivity index (χ0n) is 10.1. The topological polar surface area (TPSA) is 12.5 Å². The first kappa shape index (κ1) is 11.4. The van der Waals surface area contributed by atoms with Gasteiger partial charge in [-0.2, -0.15) is 0 Å². The molecular formula is C13H18FNO. The van der Waals surface area contributed by atoms with Crippen molar-refractivity contribution >= 4 is 0 Å². The zero-order valence-corrected chi connectivity index (χ0v) is 10.1. The Hall–Kier alpha value is -1.09. The predicted octanol–water partition coefficient (Wildman–Crippen LogP) is 2.25. The molecule has 0 N–H and O–H groups in total. The van der Waals surface area contributed by atoms with E-state index in [0.29, 0.717) is 11.8 Å². The summed E-state index contributed by atoms with van der Waals surface area (Å²) in [4.78, 5) is 2.23. The van der Waals surface area contributed by atoms with Crippen molar-refractivity contribution in [1.29, 1.82) is 0 Å². The van der Waals surface area contributed by atoms with Crippen LogP contribution in [0.4, 0.5) is 4.39 Å². The summed E-state index contributed by atoms with van der Waals surface area (Å²) in [6.45, 7) is 0. The van der Waals surface area contributed by atoms with E-state index in [2.05, 4.69) is 19.0 Å². The number of benzene rings is 1. The Balaban J connectivity index is 2.30. The van der Waals surface area contributed by atoms with E-state index in [1.54, 1.807) is 6.07 Å². The average Bonchev–Trinajstić information content (AvgIpc) is 2.27. The molecule has 1 aromatic rings. The van der Waals surface area contributed by atoms with Gasteiger partial charge in [0.2, 0.25) is 0 Å². The number of hydrogen-bond acceptors (Lipinski definition) is 2. The number of ether oxygens (including phenoxy) is 1. The molecule has 0 amide bonds. The van der Waals surface area contributed by atoms with Crippen molar-refractivity contribution in [2.45, 2.75) is 25.3 Å². The maximum absolute atomic E-state index is 13.5. The lowest BCUT2D eigenvalue weighted by Crippen LogP contribution is -2.33. The van der Waals surface area contributed by atoms with Crippen LogP contribution in [-0.4, -0.2) is 32.1 Å². The van der Waals surface area contributed by atoms with Gasteiger partial charge in [0.25, 0.3) is 0 Å². The summed E-state index contributed by atoms with van der Waals surface area (Å²) in [6, 6.07) is 4.03. The van der Waals surface area contributed by atoms with Gasteiger partial charge in [-0.1, -0.05) is 0 Å². The summed E-state index contributed by atoms with van der Waals surface area (Å²) in [6.07, 6.45) is 3.05. The van der Waals surface area contributed by atoms with E-state index < -0.39 is 0 Å². The van der Waals surface area contributed by atoms with Crippen LogP contribution in [0.5, 0.6) is 5.75 Å². The lowest BCUT2D eigenvalue weighted by atomic mass is 9.87. The number of hydrogen-bond donors (Lipinski definition) is 0. The summed E-state index contributed by atoms with van der Waals surface area (Å²) in [5.41, 5.74) is 2.36. The molecule has 0 aromatic heterocycles. The van der Waals surface area contributed by atoms with Crippen LogP contribution in [0, 0.1) is 5.82 Å².